The molecule has 2 heteroatoms. The molecule has 2 nitrogen and oxygen atoms in total. The third-order valence-electron chi connectivity index (χ3n) is 6.45. The number of allylic oxidation sites excluding steroid dienone is 2. The van der Waals surface area contributed by atoms with Crippen molar-refractivity contribution in [1.29, 1.82) is 0 Å². The molecule has 116 valence electrons. The van der Waals surface area contributed by atoms with Crippen LogP contribution in [0.3, 0.4) is 0 Å². The SMILES string of the molecule is COc1ccc2c(c1)CC[C@H]1C2=CC[C@H]2CCCC(=O)[C@@]21C. The number of Topliss-reactive ketones (excluding diaryl/α,β-unsaturated/α-hetero) is 1. The summed E-state index contributed by atoms with van der Waals surface area (Å²) >= 11 is 0. The van der Waals surface area contributed by atoms with Crippen LogP contribution in [-0.4, -0.2) is 12.9 Å². The van der Waals surface area contributed by atoms with E-state index in [4.69, 9.17) is 4.74 Å². The first kappa shape index (κ1) is 14.0. The van der Waals surface area contributed by atoms with Crippen LogP contribution in [0.1, 0.15) is 50.2 Å². The summed E-state index contributed by atoms with van der Waals surface area (Å²) in [4.78, 5) is 12.8. The van der Waals surface area contributed by atoms with Crippen molar-refractivity contribution in [3.8, 4) is 5.75 Å². The molecule has 0 bridgehead atoms. The molecule has 1 saturated carbocycles. The Labute approximate surface area is 132 Å². The van der Waals surface area contributed by atoms with E-state index in [0.29, 0.717) is 17.6 Å². The predicted octanol–water partition coefficient (Wildman–Crippen LogP) is 4.42. The smallest absolute Gasteiger partial charge is 0.139 e. The third-order valence-corrected chi connectivity index (χ3v) is 6.45. The first-order valence-electron chi connectivity index (χ1n) is 8.55. The number of hydrogen-bond donors (Lipinski definition) is 0. The number of carbonyl (C=O) groups is 1. The number of ketones is 1. The Morgan fingerprint density at radius 2 is 2.09 bits per heavy atom. The molecule has 1 fully saturated rings. The van der Waals surface area contributed by atoms with Crippen LogP contribution in [0, 0.1) is 17.3 Å². The van der Waals surface area contributed by atoms with Gasteiger partial charge in [0.25, 0.3) is 0 Å². The molecular formula is C20H24O2. The molecular weight excluding hydrogens is 272 g/mol. The predicted molar refractivity (Wildman–Crippen MR) is 87.9 cm³/mol. The number of benzene rings is 1. The number of rotatable bonds is 1. The molecule has 1 aromatic carbocycles. The molecule has 0 heterocycles. The van der Waals surface area contributed by atoms with Gasteiger partial charge in [0.1, 0.15) is 11.5 Å². The van der Waals surface area contributed by atoms with Gasteiger partial charge in [-0.2, -0.15) is 0 Å². The van der Waals surface area contributed by atoms with E-state index in [0.717, 1.165) is 37.9 Å². The van der Waals surface area contributed by atoms with Crippen LogP contribution in [-0.2, 0) is 11.2 Å². The summed E-state index contributed by atoms with van der Waals surface area (Å²) in [6.45, 7) is 2.26. The molecule has 22 heavy (non-hydrogen) atoms. The fraction of sp³-hybridized carbons (Fsp3) is 0.550. The summed E-state index contributed by atoms with van der Waals surface area (Å²) in [7, 11) is 1.72. The lowest BCUT2D eigenvalue weighted by atomic mass is 9.52. The highest BCUT2D eigenvalue weighted by Crippen LogP contribution is 2.57. The fourth-order valence-corrected chi connectivity index (χ4v) is 5.12. The zero-order valence-corrected chi connectivity index (χ0v) is 13.5. The van der Waals surface area contributed by atoms with Crippen molar-refractivity contribution in [2.24, 2.45) is 17.3 Å². The zero-order chi connectivity index (χ0) is 15.3. The highest BCUT2D eigenvalue weighted by Gasteiger charge is 2.52. The van der Waals surface area contributed by atoms with Gasteiger partial charge in [-0.15, -0.1) is 0 Å². The second-order valence-electron chi connectivity index (χ2n) is 7.30. The average Bonchev–Trinajstić information content (AvgIpc) is 2.55. The summed E-state index contributed by atoms with van der Waals surface area (Å²) in [5.74, 6) is 2.42. The first-order valence-corrected chi connectivity index (χ1v) is 8.55. The van der Waals surface area contributed by atoms with Crippen LogP contribution in [0.25, 0.3) is 5.57 Å². The second-order valence-corrected chi connectivity index (χ2v) is 7.30. The topological polar surface area (TPSA) is 26.3 Å². The van der Waals surface area contributed by atoms with Gasteiger partial charge in [-0.05, 0) is 72.8 Å². The van der Waals surface area contributed by atoms with Crippen molar-refractivity contribution >= 4 is 11.4 Å². The van der Waals surface area contributed by atoms with Crippen molar-refractivity contribution in [1.82, 2.24) is 0 Å². The quantitative estimate of drug-likeness (QED) is 0.767. The zero-order valence-electron chi connectivity index (χ0n) is 13.5. The highest BCUT2D eigenvalue weighted by atomic mass is 16.5. The maximum absolute atomic E-state index is 12.8. The van der Waals surface area contributed by atoms with E-state index >= 15 is 0 Å². The molecule has 3 aliphatic carbocycles. The van der Waals surface area contributed by atoms with Crippen LogP contribution in [0.15, 0.2) is 24.3 Å². The van der Waals surface area contributed by atoms with Gasteiger partial charge in [0.2, 0.25) is 0 Å². The van der Waals surface area contributed by atoms with Crippen molar-refractivity contribution < 1.29 is 9.53 Å². The van der Waals surface area contributed by atoms with Crippen molar-refractivity contribution in [3.63, 3.8) is 0 Å². The average molecular weight is 296 g/mol. The lowest BCUT2D eigenvalue weighted by Crippen LogP contribution is -2.48. The van der Waals surface area contributed by atoms with Gasteiger partial charge >= 0.3 is 0 Å². The highest BCUT2D eigenvalue weighted by molar-refractivity contribution is 5.90. The molecule has 0 radical (unpaired) electrons. The molecule has 4 rings (SSSR count). The summed E-state index contributed by atoms with van der Waals surface area (Å²) in [5.41, 5.74) is 4.04. The number of methoxy groups -OCH3 is 1. The van der Waals surface area contributed by atoms with E-state index < -0.39 is 0 Å². The van der Waals surface area contributed by atoms with E-state index in [-0.39, 0.29) is 5.41 Å². The van der Waals surface area contributed by atoms with Crippen molar-refractivity contribution in [3.05, 3.63) is 35.4 Å². The van der Waals surface area contributed by atoms with E-state index in [1.807, 2.05) is 0 Å². The summed E-state index contributed by atoms with van der Waals surface area (Å²) in [5, 5.41) is 0. The Morgan fingerprint density at radius 1 is 1.23 bits per heavy atom. The minimum absolute atomic E-state index is 0.125. The molecule has 0 spiro atoms. The van der Waals surface area contributed by atoms with Gasteiger partial charge < -0.3 is 4.74 Å². The number of aryl methyl sites for hydroxylation is 1. The second kappa shape index (κ2) is 4.97. The van der Waals surface area contributed by atoms with Gasteiger partial charge in [-0.25, -0.2) is 0 Å². The number of hydrogen-bond acceptors (Lipinski definition) is 2. The van der Waals surface area contributed by atoms with Gasteiger partial charge in [-0.1, -0.05) is 19.1 Å². The minimum atomic E-state index is -0.125. The summed E-state index contributed by atoms with van der Waals surface area (Å²) < 4.78 is 5.37. The maximum atomic E-state index is 12.8. The Hall–Kier alpha value is -1.57. The lowest BCUT2D eigenvalue weighted by Gasteiger charge is -2.50. The molecule has 0 saturated heterocycles. The number of ether oxygens (including phenoxy) is 1. The van der Waals surface area contributed by atoms with E-state index in [1.54, 1.807) is 7.11 Å². The molecule has 0 unspecified atom stereocenters. The molecule has 3 aliphatic rings. The van der Waals surface area contributed by atoms with Gasteiger partial charge in [0, 0.05) is 11.8 Å². The largest absolute Gasteiger partial charge is 0.497 e. The van der Waals surface area contributed by atoms with Crippen molar-refractivity contribution in [2.75, 3.05) is 7.11 Å². The number of carbonyl (C=O) groups excluding carboxylic acids is 1. The minimum Gasteiger partial charge on any atom is -0.497 e. The molecule has 0 aromatic heterocycles. The standard InChI is InChI=1S/C20H24O2/c1-20-14(4-3-5-19(20)21)7-9-17-16-10-8-15(22-2)12-13(16)6-11-18(17)20/h8-10,12,14,18H,3-7,11H2,1-2H3/t14-,18+,20+/m1/s1. The maximum Gasteiger partial charge on any atom is 0.139 e. The van der Waals surface area contributed by atoms with Gasteiger partial charge in [0.05, 0.1) is 7.11 Å². The molecule has 0 N–H and O–H groups in total. The van der Waals surface area contributed by atoms with E-state index in [2.05, 4.69) is 31.2 Å². The van der Waals surface area contributed by atoms with Crippen LogP contribution in [0.4, 0.5) is 0 Å². The number of fused-ring (bicyclic) bond motifs is 5. The monoisotopic (exact) mass is 296 g/mol. The molecule has 0 amide bonds. The van der Waals surface area contributed by atoms with Gasteiger partial charge in [-0.3, -0.25) is 4.79 Å². The Balaban J connectivity index is 1.80. The lowest BCUT2D eigenvalue weighted by molar-refractivity contribution is -0.137. The van der Waals surface area contributed by atoms with Crippen LogP contribution >= 0.6 is 0 Å². The van der Waals surface area contributed by atoms with Crippen LogP contribution in [0.2, 0.25) is 0 Å². The summed E-state index contributed by atoms with van der Waals surface area (Å²) in [6, 6.07) is 6.42. The first-order chi connectivity index (χ1) is 10.6. The van der Waals surface area contributed by atoms with E-state index in [9.17, 15) is 4.79 Å². The molecule has 1 aromatic rings. The molecule has 3 atom stereocenters. The van der Waals surface area contributed by atoms with Crippen molar-refractivity contribution in [2.45, 2.75) is 45.4 Å². The normalized spacial score (nSPS) is 33.4. The Morgan fingerprint density at radius 3 is 2.91 bits per heavy atom. The van der Waals surface area contributed by atoms with Gasteiger partial charge in [0.15, 0.2) is 0 Å². The third kappa shape index (κ3) is 1.82. The van der Waals surface area contributed by atoms with Crippen LogP contribution in [0.5, 0.6) is 5.75 Å². The summed E-state index contributed by atoms with van der Waals surface area (Å²) in [6.07, 6.45) is 8.75. The Kier molecular flexibility index (Phi) is 3.18. The van der Waals surface area contributed by atoms with E-state index in [1.165, 1.54) is 23.1 Å². The van der Waals surface area contributed by atoms with Crippen LogP contribution < -0.4 is 4.74 Å². The molecule has 0 aliphatic heterocycles. The fourth-order valence-electron chi connectivity index (χ4n) is 5.12. The Bertz CT molecular complexity index is 658.